The SMILES string of the molecule is C[C@@H](c1nccs1)N(C)CCN. The number of likely N-dealkylation sites (N-methyl/N-ethyl adjacent to an activating group) is 1. The molecule has 1 rings (SSSR count). The van der Waals surface area contributed by atoms with Crippen molar-refractivity contribution < 1.29 is 0 Å². The molecule has 0 aliphatic rings. The normalized spacial score (nSPS) is 13.7. The molecule has 1 atom stereocenters. The molecule has 0 aromatic carbocycles. The molecule has 1 aromatic rings. The maximum atomic E-state index is 5.46. The van der Waals surface area contributed by atoms with Crippen LogP contribution in [-0.4, -0.2) is 30.0 Å². The second-order valence-corrected chi connectivity index (χ2v) is 3.74. The Morgan fingerprint density at radius 2 is 2.50 bits per heavy atom. The first-order valence-corrected chi connectivity index (χ1v) is 4.93. The molecule has 12 heavy (non-hydrogen) atoms. The minimum absolute atomic E-state index is 0.383. The van der Waals surface area contributed by atoms with E-state index >= 15 is 0 Å². The van der Waals surface area contributed by atoms with Crippen molar-refractivity contribution in [2.24, 2.45) is 5.73 Å². The van der Waals surface area contributed by atoms with Crippen molar-refractivity contribution in [3.63, 3.8) is 0 Å². The third kappa shape index (κ3) is 2.27. The molecule has 0 saturated carbocycles. The molecule has 0 unspecified atom stereocenters. The predicted octanol–water partition coefficient (Wildman–Crippen LogP) is 1.09. The van der Waals surface area contributed by atoms with Gasteiger partial charge in [0, 0.05) is 24.7 Å². The lowest BCUT2D eigenvalue weighted by atomic mass is 10.3. The van der Waals surface area contributed by atoms with E-state index in [1.54, 1.807) is 11.3 Å². The van der Waals surface area contributed by atoms with Crippen LogP contribution in [0, 0.1) is 0 Å². The van der Waals surface area contributed by atoms with Gasteiger partial charge in [0.05, 0.1) is 6.04 Å². The fourth-order valence-corrected chi connectivity index (χ4v) is 1.79. The maximum absolute atomic E-state index is 5.46. The Hall–Kier alpha value is -0.450. The number of hydrogen-bond donors (Lipinski definition) is 1. The monoisotopic (exact) mass is 185 g/mol. The molecule has 4 heteroatoms. The van der Waals surface area contributed by atoms with Crippen LogP contribution in [0.2, 0.25) is 0 Å². The van der Waals surface area contributed by atoms with Crippen molar-refractivity contribution in [2.45, 2.75) is 13.0 Å². The van der Waals surface area contributed by atoms with Crippen LogP contribution in [0.4, 0.5) is 0 Å². The third-order valence-electron chi connectivity index (χ3n) is 1.95. The minimum Gasteiger partial charge on any atom is -0.329 e. The number of rotatable bonds is 4. The molecule has 0 saturated heterocycles. The van der Waals surface area contributed by atoms with Crippen molar-refractivity contribution >= 4 is 11.3 Å². The summed E-state index contributed by atoms with van der Waals surface area (Å²) in [6.07, 6.45) is 1.84. The highest BCUT2D eigenvalue weighted by Crippen LogP contribution is 2.19. The van der Waals surface area contributed by atoms with E-state index in [-0.39, 0.29) is 0 Å². The second-order valence-electron chi connectivity index (χ2n) is 2.82. The summed E-state index contributed by atoms with van der Waals surface area (Å²) in [7, 11) is 2.07. The molecule has 0 spiro atoms. The highest BCUT2D eigenvalue weighted by molar-refractivity contribution is 7.09. The molecule has 3 nitrogen and oxygen atoms in total. The lowest BCUT2D eigenvalue weighted by molar-refractivity contribution is 0.268. The lowest BCUT2D eigenvalue weighted by Crippen LogP contribution is -2.28. The van der Waals surface area contributed by atoms with E-state index in [1.807, 2.05) is 11.6 Å². The molecular formula is C8H15N3S. The standard InChI is InChI=1S/C8H15N3S/c1-7(11(2)5-3-9)8-10-4-6-12-8/h4,6-7H,3,5,9H2,1-2H3/t7-/m0/s1. The van der Waals surface area contributed by atoms with Crippen molar-refractivity contribution in [2.75, 3.05) is 20.1 Å². The summed E-state index contributed by atoms with van der Waals surface area (Å²) in [6.45, 7) is 3.77. The first kappa shape index (κ1) is 9.64. The van der Waals surface area contributed by atoms with E-state index in [2.05, 4.69) is 23.9 Å². The average molecular weight is 185 g/mol. The lowest BCUT2D eigenvalue weighted by Gasteiger charge is -2.21. The molecule has 0 amide bonds. The van der Waals surface area contributed by atoms with Crippen molar-refractivity contribution in [3.05, 3.63) is 16.6 Å². The van der Waals surface area contributed by atoms with E-state index in [1.165, 1.54) is 0 Å². The van der Waals surface area contributed by atoms with Gasteiger partial charge >= 0.3 is 0 Å². The van der Waals surface area contributed by atoms with E-state index in [9.17, 15) is 0 Å². The Bertz CT molecular complexity index is 210. The molecule has 1 heterocycles. The van der Waals surface area contributed by atoms with Gasteiger partial charge < -0.3 is 5.73 Å². The summed E-state index contributed by atoms with van der Waals surface area (Å²) < 4.78 is 0. The molecule has 0 radical (unpaired) electrons. The zero-order valence-corrected chi connectivity index (χ0v) is 8.34. The molecule has 1 aromatic heterocycles. The van der Waals surface area contributed by atoms with Crippen LogP contribution < -0.4 is 5.73 Å². The largest absolute Gasteiger partial charge is 0.329 e. The number of nitrogens with two attached hydrogens (primary N) is 1. The smallest absolute Gasteiger partial charge is 0.109 e. The van der Waals surface area contributed by atoms with Gasteiger partial charge in [-0.05, 0) is 14.0 Å². The third-order valence-corrected chi connectivity index (χ3v) is 2.90. The molecule has 0 fully saturated rings. The number of nitrogens with zero attached hydrogens (tertiary/aromatic N) is 2. The fraction of sp³-hybridized carbons (Fsp3) is 0.625. The van der Waals surface area contributed by atoms with Gasteiger partial charge in [-0.15, -0.1) is 11.3 Å². The number of thiazole rings is 1. The van der Waals surface area contributed by atoms with Crippen LogP contribution >= 0.6 is 11.3 Å². The van der Waals surface area contributed by atoms with E-state index in [0.29, 0.717) is 12.6 Å². The summed E-state index contributed by atoms with van der Waals surface area (Å²) in [6, 6.07) is 0.383. The van der Waals surface area contributed by atoms with Crippen LogP contribution in [0.1, 0.15) is 18.0 Å². The van der Waals surface area contributed by atoms with E-state index in [4.69, 9.17) is 5.73 Å². The summed E-state index contributed by atoms with van der Waals surface area (Å²) in [5.74, 6) is 0. The highest BCUT2D eigenvalue weighted by Gasteiger charge is 2.12. The van der Waals surface area contributed by atoms with E-state index in [0.717, 1.165) is 11.6 Å². The first-order chi connectivity index (χ1) is 5.75. The Kier molecular flexibility index (Phi) is 3.65. The van der Waals surface area contributed by atoms with E-state index < -0.39 is 0 Å². The van der Waals surface area contributed by atoms with Crippen molar-refractivity contribution in [1.82, 2.24) is 9.88 Å². The van der Waals surface area contributed by atoms with Gasteiger partial charge in [0.2, 0.25) is 0 Å². The van der Waals surface area contributed by atoms with Gasteiger partial charge in [-0.3, -0.25) is 4.90 Å². The summed E-state index contributed by atoms with van der Waals surface area (Å²) >= 11 is 1.69. The van der Waals surface area contributed by atoms with Crippen LogP contribution in [0.25, 0.3) is 0 Å². The Morgan fingerprint density at radius 1 is 1.75 bits per heavy atom. The van der Waals surface area contributed by atoms with Gasteiger partial charge in [0.15, 0.2) is 0 Å². The van der Waals surface area contributed by atoms with Gasteiger partial charge in [0.1, 0.15) is 5.01 Å². The fourth-order valence-electron chi connectivity index (χ4n) is 1.03. The summed E-state index contributed by atoms with van der Waals surface area (Å²) in [4.78, 5) is 6.46. The summed E-state index contributed by atoms with van der Waals surface area (Å²) in [5.41, 5.74) is 5.46. The van der Waals surface area contributed by atoms with Crippen molar-refractivity contribution in [1.29, 1.82) is 0 Å². The van der Waals surface area contributed by atoms with Gasteiger partial charge in [-0.25, -0.2) is 4.98 Å². The topological polar surface area (TPSA) is 42.2 Å². The Morgan fingerprint density at radius 3 is 3.00 bits per heavy atom. The summed E-state index contributed by atoms with van der Waals surface area (Å²) in [5, 5.41) is 3.16. The number of aromatic nitrogens is 1. The van der Waals surface area contributed by atoms with Crippen LogP contribution in [-0.2, 0) is 0 Å². The average Bonchev–Trinajstić information content (AvgIpc) is 2.55. The molecule has 0 aliphatic carbocycles. The maximum Gasteiger partial charge on any atom is 0.109 e. The van der Waals surface area contributed by atoms with Crippen LogP contribution in [0.15, 0.2) is 11.6 Å². The van der Waals surface area contributed by atoms with Crippen LogP contribution in [0.5, 0.6) is 0 Å². The quantitative estimate of drug-likeness (QED) is 0.763. The van der Waals surface area contributed by atoms with Crippen molar-refractivity contribution in [3.8, 4) is 0 Å². The molecule has 2 N–H and O–H groups in total. The predicted molar refractivity (Wildman–Crippen MR) is 52.2 cm³/mol. The number of hydrogen-bond acceptors (Lipinski definition) is 4. The van der Waals surface area contributed by atoms with Gasteiger partial charge in [0.25, 0.3) is 0 Å². The zero-order valence-electron chi connectivity index (χ0n) is 7.53. The van der Waals surface area contributed by atoms with Crippen LogP contribution in [0.3, 0.4) is 0 Å². The second kappa shape index (κ2) is 4.54. The molecule has 0 aliphatic heterocycles. The first-order valence-electron chi connectivity index (χ1n) is 4.05. The Labute approximate surface area is 77.2 Å². The Balaban J connectivity index is 2.53. The zero-order chi connectivity index (χ0) is 8.97. The van der Waals surface area contributed by atoms with Gasteiger partial charge in [-0.2, -0.15) is 0 Å². The molecule has 68 valence electrons. The molecule has 0 bridgehead atoms. The molecular weight excluding hydrogens is 170 g/mol. The van der Waals surface area contributed by atoms with Gasteiger partial charge in [-0.1, -0.05) is 0 Å². The highest BCUT2D eigenvalue weighted by atomic mass is 32.1. The minimum atomic E-state index is 0.383.